The highest BCUT2D eigenvalue weighted by atomic mass is 35.5. The molecule has 1 saturated heterocycles. The summed E-state index contributed by atoms with van der Waals surface area (Å²) in [5.74, 6) is 0.699. The molecule has 0 radical (unpaired) electrons. The lowest BCUT2D eigenvalue weighted by Gasteiger charge is -2.45. The van der Waals surface area contributed by atoms with Gasteiger partial charge in [0.05, 0.1) is 11.7 Å². The Kier molecular flexibility index (Phi) is 8.71. The summed E-state index contributed by atoms with van der Waals surface area (Å²) in [5, 5.41) is 4.44. The summed E-state index contributed by atoms with van der Waals surface area (Å²) in [6.07, 6.45) is 3.43. The van der Waals surface area contributed by atoms with Crippen molar-refractivity contribution in [2.75, 3.05) is 18.0 Å². The molecule has 2 aromatic heterocycles. The van der Waals surface area contributed by atoms with Crippen LogP contribution in [0.1, 0.15) is 32.4 Å². The van der Waals surface area contributed by atoms with E-state index in [1.165, 1.54) is 0 Å². The molecule has 1 atom stereocenters. The first-order valence-corrected chi connectivity index (χ1v) is 10.5. The zero-order chi connectivity index (χ0) is 21.3. The van der Waals surface area contributed by atoms with Crippen LogP contribution in [0.4, 0.5) is 5.95 Å². The monoisotopic (exact) mass is 495 g/mol. The van der Waals surface area contributed by atoms with Crippen LogP contribution in [0.25, 0.3) is 11.3 Å². The summed E-state index contributed by atoms with van der Waals surface area (Å²) in [7, 11) is 0. The van der Waals surface area contributed by atoms with Gasteiger partial charge in [0, 0.05) is 54.2 Å². The van der Waals surface area contributed by atoms with Gasteiger partial charge in [-0.15, -0.1) is 24.8 Å². The minimum Gasteiger partial charge on any atom is -0.338 e. The highest BCUT2D eigenvalue weighted by Gasteiger charge is 2.34. The maximum absolute atomic E-state index is 12.9. The molecule has 32 heavy (non-hydrogen) atoms. The first kappa shape index (κ1) is 26.1. The maximum Gasteiger partial charge on any atom is 0.255 e. The summed E-state index contributed by atoms with van der Waals surface area (Å²) in [6, 6.07) is 13.4. The van der Waals surface area contributed by atoms with Crippen LogP contribution < -0.4 is 15.8 Å². The standard InChI is InChI=1S/C23H26ClN5O.2ClH/c1-4-29-21(30)13-19(17-9-11-25-12-10-17)26-22(29)28-14-20(27-23(2,3)15-28)16-5-7-18(24)8-6-16;;/h5-13,20,27H,4,14-15H2,1-3H3;2*1H. The van der Waals surface area contributed by atoms with Crippen LogP contribution >= 0.6 is 36.4 Å². The SMILES string of the molecule is CCn1c(N2CC(c3ccc(Cl)cc3)NC(C)(C)C2)nc(-c2ccncc2)cc1=O.Cl.Cl. The highest BCUT2D eigenvalue weighted by molar-refractivity contribution is 6.30. The molecule has 6 nitrogen and oxygen atoms in total. The van der Waals surface area contributed by atoms with Gasteiger partial charge in [-0.05, 0) is 50.6 Å². The van der Waals surface area contributed by atoms with E-state index in [1.54, 1.807) is 23.0 Å². The Morgan fingerprint density at radius 3 is 2.41 bits per heavy atom. The molecule has 4 rings (SSSR count). The van der Waals surface area contributed by atoms with E-state index in [0.717, 1.165) is 22.7 Å². The van der Waals surface area contributed by atoms with Crippen molar-refractivity contribution in [3.63, 3.8) is 0 Å². The minimum absolute atomic E-state index is 0. The second-order valence-corrected chi connectivity index (χ2v) is 8.71. The van der Waals surface area contributed by atoms with E-state index in [0.29, 0.717) is 24.7 Å². The number of anilines is 1. The molecule has 1 aliphatic heterocycles. The molecule has 3 heterocycles. The number of benzene rings is 1. The Balaban J connectivity index is 0.00000181. The fourth-order valence-electron chi connectivity index (χ4n) is 4.06. The minimum atomic E-state index is -0.161. The summed E-state index contributed by atoms with van der Waals surface area (Å²) in [6.45, 7) is 8.32. The summed E-state index contributed by atoms with van der Waals surface area (Å²) in [5.41, 5.74) is 2.50. The van der Waals surface area contributed by atoms with E-state index in [9.17, 15) is 4.79 Å². The number of piperazine rings is 1. The van der Waals surface area contributed by atoms with Gasteiger partial charge in [-0.1, -0.05) is 23.7 Å². The van der Waals surface area contributed by atoms with E-state index >= 15 is 0 Å². The van der Waals surface area contributed by atoms with Crippen LogP contribution in [-0.4, -0.2) is 33.2 Å². The molecular weight excluding hydrogens is 469 g/mol. The largest absolute Gasteiger partial charge is 0.338 e. The fraction of sp³-hybridized carbons (Fsp3) is 0.348. The molecule has 1 fully saturated rings. The van der Waals surface area contributed by atoms with Gasteiger partial charge in [0.1, 0.15) is 0 Å². The number of pyridine rings is 1. The summed E-state index contributed by atoms with van der Waals surface area (Å²) < 4.78 is 1.74. The third-order valence-electron chi connectivity index (χ3n) is 5.39. The van der Waals surface area contributed by atoms with Crippen LogP contribution in [-0.2, 0) is 6.54 Å². The molecule has 0 saturated carbocycles. The zero-order valence-electron chi connectivity index (χ0n) is 18.3. The Bertz CT molecular complexity index is 1090. The van der Waals surface area contributed by atoms with Gasteiger partial charge in [-0.2, -0.15) is 0 Å². The number of nitrogens with zero attached hydrogens (tertiary/aromatic N) is 4. The average Bonchev–Trinajstić information content (AvgIpc) is 2.73. The first-order chi connectivity index (χ1) is 14.4. The molecule has 1 aliphatic rings. The Hall–Kier alpha value is -2.12. The van der Waals surface area contributed by atoms with Crippen molar-refractivity contribution in [2.45, 2.75) is 38.9 Å². The summed E-state index contributed by atoms with van der Waals surface area (Å²) in [4.78, 5) is 24.1. The van der Waals surface area contributed by atoms with Gasteiger partial charge in [-0.3, -0.25) is 14.3 Å². The van der Waals surface area contributed by atoms with Crippen LogP contribution in [0.3, 0.4) is 0 Å². The third-order valence-corrected chi connectivity index (χ3v) is 5.64. The van der Waals surface area contributed by atoms with Crippen LogP contribution in [0.15, 0.2) is 59.7 Å². The third kappa shape index (κ3) is 5.62. The van der Waals surface area contributed by atoms with Crippen LogP contribution in [0, 0.1) is 0 Å². The molecule has 0 aliphatic carbocycles. The first-order valence-electron chi connectivity index (χ1n) is 10.2. The number of hydrogen-bond acceptors (Lipinski definition) is 5. The molecule has 1 unspecified atom stereocenters. The number of nitrogens with one attached hydrogen (secondary N) is 1. The smallest absolute Gasteiger partial charge is 0.255 e. The van der Waals surface area contributed by atoms with Crippen molar-refractivity contribution in [3.8, 4) is 11.3 Å². The van der Waals surface area contributed by atoms with E-state index in [4.69, 9.17) is 16.6 Å². The zero-order valence-corrected chi connectivity index (χ0v) is 20.7. The van der Waals surface area contributed by atoms with Crippen molar-refractivity contribution in [2.24, 2.45) is 0 Å². The fourth-order valence-corrected chi connectivity index (χ4v) is 4.19. The highest BCUT2D eigenvalue weighted by Crippen LogP contribution is 2.29. The van der Waals surface area contributed by atoms with Gasteiger partial charge >= 0.3 is 0 Å². The predicted octanol–water partition coefficient (Wildman–Crippen LogP) is 4.75. The van der Waals surface area contributed by atoms with E-state index < -0.39 is 0 Å². The van der Waals surface area contributed by atoms with Crippen LogP contribution in [0.2, 0.25) is 5.02 Å². The molecule has 0 spiro atoms. The van der Waals surface area contributed by atoms with Crippen molar-refractivity contribution >= 4 is 42.4 Å². The van der Waals surface area contributed by atoms with E-state index in [1.807, 2.05) is 43.3 Å². The predicted molar refractivity (Wildman–Crippen MR) is 136 cm³/mol. The van der Waals surface area contributed by atoms with Gasteiger partial charge < -0.3 is 10.2 Å². The van der Waals surface area contributed by atoms with Gasteiger partial charge in [0.25, 0.3) is 5.56 Å². The number of halogens is 3. The molecule has 0 bridgehead atoms. The summed E-state index contributed by atoms with van der Waals surface area (Å²) >= 11 is 6.08. The molecule has 1 N–H and O–H groups in total. The molecule has 9 heteroatoms. The van der Waals surface area contributed by atoms with Gasteiger partial charge in [0.15, 0.2) is 0 Å². The number of hydrogen-bond donors (Lipinski definition) is 1. The lowest BCUT2D eigenvalue weighted by atomic mass is 9.95. The second kappa shape index (κ2) is 10.7. The molecule has 0 amide bonds. The average molecular weight is 497 g/mol. The maximum atomic E-state index is 12.9. The number of aromatic nitrogens is 3. The lowest BCUT2D eigenvalue weighted by Crippen LogP contribution is -2.59. The van der Waals surface area contributed by atoms with Gasteiger partial charge in [-0.25, -0.2) is 4.98 Å². The normalized spacial score (nSPS) is 17.2. The molecular formula is C23H28Cl3N5O. The van der Waals surface area contributed by atoms with E-state index in [2.05, 4.69) is 29.0 Å². The van der Waals surface area contributed by atoms with Crippen molar-refractivity contribution in [1.82, 2.24) is 19.9 Å². The van der Waals surface area contributed by atoms with Crippen molar-refractivity contribution < 1.29 is 0 Å². The van der Waals surface area contributed by atoms with Crippen LogP contribution in [0.5, 0.6) is 0 Å². The Labute approximate surface area is 205 Å². The lowest BCUT2D eigenvalue weighted by molar-refractivity contribution is 0.288. The topological polar surface area (TPSA) is 63.1 Å². The van der Waals surface area contributed by atoms with E-state index in [-0.39, 0.29) is 42.0 Å². The van der Waals surface area contributed by atoms with Crippen molar-refractivity contribution in [3.05, 3.63) is 75.8 Å². The van der Waals surface area contributed by atoms with Gasteiger partial charge in [0.2, 0.25) is 5.95 Å². The molecule has 1 aromatic carbocycles. The Morgan fingerprint density at radius 2 is 1.78 bits per heavy atom. The second-order valence-electron chi connectivity index (χ2n) is 8.27. The number of rotatable bonds is 4. The Morgan fingerprint density at radius 1 is 1.12 bits per heavy atom. The quantitative estimate of drug-likeness (QED) is 0.565. The van der Waals surface area contributed by atoms with Crippen molar-refractivity contribution in [1.29, 1.82) is 0 Å². The molecule has 172 valence electrons. The molecule has 3 aromatic rings.